The van der Waals surface area contributed by atoms with Crippen LogP contribution in [-0.4, -0.2) is 39.4 Å². The average Bonchev–Trinajstić information content (AvgIpc) is 3.21. The molecule has 7 rings (SSSR count). The van der Waals surface area contributed by atoms with Crippen molar-refractivity contribution < 1.29 is 4.94 Å². The van der Waals surface area contributed by atoms with Crippen LogP contribution in [0.1, 0.15) is 30.1 Å². The summed E-state index contributed by atoms with van der Waals surface area (Å²) < 4.78 is 3.85. The Morgan fingerprint density at radius 3 is 3.06 bits per heavy atom. The van der Waals surface area contributed by atoms with Crippen molar-refractivity contribution in [2.45, 2.75) is 32.2 Å². The number of hydroxylamine groups is 3. The Balaban J connectivity index is 1.18. The third-order valence-corrected chi connectivity index (χ3v) is 6.07. The predicted octanol–water partition coefficient (Wildman–Crippen LogP) is 3.29. The second-order valence-corrected chi connectivity index (χ2v) is 8.75. The van der Waals surface area contributed by atoms with E-state index in [0.717, 1.165) is 39.7 Å². The number of aromatic amines is 1. The molecule has 3 N–H and O–H groups in total. The highest BCUT2D eigenvalue weighted by molar-refractivity contribution is 5.66. The molecular formula is C23H22N10O. The van der Waals surface area contributed by atoms with Crippen LogP contribution in [0.4, 0.5) is 11.8 Å². The summed E-state index contributed by atoms with van der Waals surface area (Å²) in [5, 5.41) is 17.1. The maximum atomic E-state index is 5.23. The minimum atomic E-state index is 0.606. The Morgan fingerprint density at radius 2 is 2.15 bits per heavy atom. The van der Waals surface area contributed by atoms with Crippen LogP contribution in [0.5, 0.6) is 0 Å². The molecule has 3 aliphatic rings. The second kappa shape index (κ2) is 7.32. The molecule has 0 spiro atoms. The monoisotopic (exact) mass is 454 g/mol. The van der Waals surface area contributed by atoms with Crippen LogP contribution in [0.15, 0.2) is 66.5 Å². The summed E-state index contributed by atoms with van der Waals surface area (Å²) in [5.41, 5.74) is 9.42. The zero-order valence-corrected chi connectivity index (χ0v) is 18.4. The highest BCUT2D eigenvalue weighted by Crippen LogP contribution is 2.39. The van der Waals surface area contributed by atoms with Crippen molar-refractivity contribution in [1.82, 2.24) is 44.9 Å². The number of rotatable bonds is 6. The van der Waals surface area contributed by atoms with Gasteiger partial charge in [-0.15, -0.1) is 0 Å². The molecule has 4 aromatic heterocycles. The van der Waals surface area contributed by atoms with Crippen LogP contribution in [0.2, 0.25) is 0 Å². The maximum absolute atomic E-state index is 5.23. The van der Waals surface area contributed by atoms with Crippen LogP contribution < -0.4 is 10.8 Å². The van der Waals surface area contributed by atoms with E-state index in [1.54, 1.807) is 5.06 Å². The Hall–Kier alpha value is -4.38. The first-order valence-corrected chi connectivity index (χ1v) is 11.2. The zero-order chi connectivity index (χ0) is 22.6. The molecule has 170 valence electrons. The molecule has 0 bridgehead atoms. The molecule has 0 amide bonds. The second-order valence-electron chi connectivity index (χ2n) is 8.75. The molecule has 6 heterocycles. The number of hydrogen-bond donors (Lipinski definition) is 3. The van der Waals surface area contributed by atoms with Gasteiger partial charge in [-0.3, -0.25) is 14.2 Å². The van der Waals surface area contributed by atoms with E-state index in [-0.39, 0.29) is 0 Å². The summed E-state index contributed by atoms with van der Waals surface area (Å²) in [6, 6.07) is 4.04. The molecule has 34 heavy (non-hydrogen) atoms. The highest BCUT2D eigenvalue weighted by atomic mass is 16.8. The zero-order valence-electron chi connectivity index (χ0n) is 18.4. The van der Waals surface area contributed by atoms with Crippen LogP contribution in [0, 0.1) is 6.92 Å². The number of aromatic nitrogens is 7. The van der Waals surface area contributed by atoms with E-state index in [2.05, 4.69) is 43.2 Å². The molecular weight excluding hydrogens is 432 g/mol. The fraction of sp³-hybridized carbons (Fsp3) is 0.217. The molecule has 0 saturated heterocycles. The van der Waals surface area contributed by atoms with Gasteiger partial charge in [-0.25, -0.2) is 20.5 Å². The van der Waals surface area contributed by atoms with Gasteiger partial charge in [-0.1, -0.05) is 0 Å². The number of nitrogens with one attached hydrogen (secondary N) is 3. The number of imidazole rings is 1. The molecule has 1 aliphatic carbocycles. The van der Waals surface area contributed by atoms with Crippen molar-refractivity contribution in [3.63, 3.8) is 0 Å². The van der Waals surface area contributed by atoms with Gasteiger partial charge in [-0.2, -0.15) is 15.1 Å². The molecule has 0 radical (unpaired) electrons. The van der Waals surface area contributed by atoms with Crippen molar-refractivity contribution >= 4 is 17.4 Å². The van der Waals surface area contributed by atoms with Gasteiger partial charge in [0.25, 0.3) is 0 Å². The molecule has 1 saturated carbocycles. The summed E-state index contributed by atoms with van der Waals surface area (Å²) in [5.74, 6) is 2.02. The predicted molar refractivity (Wildman–Crippen MR) is 124 cm³/mol. The minimum Gasteiger partial charge on any atom is -0.308 e. The Kier molecular flexibility index (Phi) is 4.12. The summed E-state index contributed by atoms with van der Waals surface area (Å²) in [7, 11) is 0. The number of H-pyrrole nitrogens is 1. The fourth-order valence-corrected chi connectivity index (χ4v) is 4.22. The van der Waals surface area contributed by atoms with E-state index in [1.807, 2.05) is 59.1 Å². The van der Waals surface area contributed by atoms with E-state index >= 15 is 0 Å². The van der Waals surface area contributed by atoms with Crippen LogP contribution in [0.25, 0.3) is 16.9 Å². The average molecular weight is 454 g/mol. The van der Waals surface area contributed by atoms with E-state index in [0.29, 0.717) is 18.4 Å². The lowest BCUT2D eigenvalue weighted by atomic mass is 10.1. The first-order valence-electron chi connectivity index (χ1n) is 11.2. The summed E-state index contributed by atoms with van der Waals surface area (Å²) in [6.07, 6.45) is 16.0. The molecule has 0 unspecified atom stereocenters. The lowest BCUT2D eigenvalue weighted by Gasteiger charge is -2.16. The van der Waals surface area contributed by atoms with E-state index in [4.69, 9.17) is 9.92 Å². The Bertz CT molecular complexity index is 1500. The molecule has 1 fully saturated rings. The van der Waals surface area contributed by atoms with Crippen LogP contribution in [-0.2, 0) is 11.5 Å². The molecule has 11 heteroatoms. The van der Waals surface area contributed by atoms with Gasteiger partial charge < -0.3 is 5.32 Å². The van der Waals surface area contributed by atoms with E-state index in [1.165, 1.54) is 18.5 Å². The lowest BCUT2D eigenvalue weighted by Crippen LogP contribution is -2.16. The number of nitrogens with zero attached hydrogens (tertiary/aromatic N) is 7. The van der Waals surface area contributed by atoms with Gasteiger partial charge in [0.05, 0.1) is 36.0 Å². The third kappa shape index (κ3) is 3.42. The molecule has 4 aromatic rings. The van der Waals surface area contributed by atoms with Crippen LogP contribution >= 0.6 is 0 Å². The smallest absolute Gasteiger partial charge is 0.215 e. The number of aryl methyl sites for hydroxylation is 1. The summed E-state index contributed by atoms with van der Waals surface area (Å²) in [6.45, 7) is 2.61. The SMILES string of the molecule is Cc1cn2c(Nc3cc(C4CC4)[nH]n3)nc(-c3cnn(CC4=CC5=CNON5C=C4)c3)cc2n1. The van der Waals surface area contributed by atoms with Gasteiger partial charge in [0.1, 0.15) is 5.65 Å². The third-order valence-electron chi connectivity index (χ3n) is 6.07. The van der Waals surface area contributed by atoms with Gasteiger partial charge in [0, 0.05) is 47.9 Å². The van der Waals surface area contributed by atoms with Gasteiger partial charge >= 0.3 is 0 Å². The fourth-order valence-electron chi connectivity index (χ4n) is 4.22. The molecule has 0 aromatic carbocycles. The highest BCUT2D eigenvalue weighted by Gasteiger charge is 2.25. The summed E-state index contributed by atoms with van der Waals surface area (Å²) in [4.78, 5) is 14.8. The summed E-state index contributed by atoms with van der Waals surface area (Å²) >= 11 is 0. The van der Waals surface area contributed by atoms with Crippen molar-refractivity contribution in [2.75, 3.05) is 5.32 Å². The van der Waals surface area contributed by atoms with Crippen molar-refractivity contribution in [2.24, 2.45) is 0 Å². The molecule has 0 atom stereocenters. The van der Waals surface area contributed by atoms with Crippen molar-refractivity contribution in [3.8, 4) is 11.3 Å². The van der Waals surface area contributed by atoms with E-state index in [9.17, 15) is 0 Å². The normalized spacial score (nSPS) is 17.0. The number of allylic oxidation sites excluding steroid dienone is 3. The standard InChI is InChI=1S/C23H22N10O/c1-14-11-32-22(26-14)8-19(27-23(32)28-21-7-20(29-30-21)16-2-3-16)17-9-24-31(13-17)12-15-4-5-33-18(6-15)10-25-34-33/h4-11,13,16,25H,2-3,12H2,1H3,(H2,27,28,29,30). The largest absolute Gasteiger partial charge is 0.308 e. The van der Waals surface area contributed by atoms with E-state index < -0.39 is 0 Å². The number of fused-ring (bicyclic) bond motifs is 2. The Morgan fingerprint density at radius 1 is 1.21 bits per heavy atom. The maximum Gasteiger partial charge on any atom is 0.215 e. The van der Waals surface area contributed by atoms with Crippen molar-refractivity contribution in [3.05, 3.63) is 77.9 Å². The molecule has 2 aliphatic heterocycles. The van der Waals surface area contributed by atoms with Gasteiger partial charge in [0.2, 0.25) is 5.95 Å². The Labute approximate surface area is 194 Å². The number of anilines is 2. The van der Waals surface area contributed by atoms with Crippen LogP contribution in [0.3, 0.4) is 0 Å². The van der Waals surface area contributed by atoms with Gasteiger partial charge in [-0.05, 0) is 37.5 Å². The topological polar surface area (TPSA) is 113 Å². The first kappa shape index (κ1) is 19.1. The lowest BCUT2D eigenvalue weighted by molar-refractivity contribution is -0.112. The van der Waals surface area contributed by atoms with Crippen molar-refractivity contribution in [1.29, 1.82) is 0 Å². The quantitative estimate of drug-likeness (QED) is 0.407. The number of hydrogen-bond acceptors (Lipinski definition) is 8. The minimum absolute atomic E-state index is 0.606. The van der Waals surface area contributed by atoms with Gasteiger partial charge in [0.15, 0.2) is 5.82 Å². The first-order chi connectivity index (χ1) is 16.7. The molecule has 11 nitrogen and oxygen atoms in total.